The first kappa shape index (κ1) is 24.3. The van der Waals surface area contributed by atoms with Crippen LogP contribution in [-0.2, 0) is 4.74 Å². The fourth-order valence-corrected chi connectivity index (χ4v) is 5.88. The van der Waals surface area contributed by atoms with Crippen LogP contribution in [0, 0.1) is 0 Å². The van der Waals surface area contributed by atoms with Crippen molar-refractivity contribution in [3.63, 3.8) is 0 Å². The van der Waals surface area contributed by atoms with Gasteiger partial charge in [-0.15, -0.1) is 11.8 Å². The monoisotopic (exact) mass is 505 g/mol. The second-order valence-corrected chi connectivity index (χ2v) is 11.1. The van der Waals surface area contributed by atoms with Gasteiger partial charge in [0.1, 0.15) is 11.3 Å². The van der Waals surface area contributed by atoms with Crippen LogP contribution in [-0.4, -0.2) is 67.5 Å². The van der Waals surface area contributed by atoms with Gasteiger partial charge in [0.2, 0.25) is 0 Å². The Balaban J connectivity index is 1.68. The highest BCUT2D eigenvalue weighted by molar-refractivity contribution is 7.99. The van der Waals surface area contributed by atoms with Gasteiger partial charge < -0.3 is 9.47 Å². The molecule has 0 bridgehead atoms. The minimum absolute atomic E-state index is 0.0661. The number of thiazole rings is 1. The van der Waals surface area contributed by atoms with Gasteiger partial charge in [0, 0.05) is 41.9 Å². The topological polar surface area (TPSA) is 54.9 Å². The molecule has 0 N–H and O–H groups in total. The summed E-state index contributed by atoms with van der Waals surface area (Å²) in [5.74, 6) is 0.580. The normalized spacial score (nSPS) is 14.7. The lowest BCUT2D eigenvalue weighted by Crippen LogP contribution is -2.43. The number of fused-ring (bicyclic) bond motifs is 1. The van der Waals surface area contributed by atoms with Crippen molar-refractivity contribution in [2.24, 2.45) is 0 Å². The summed E-state index contributed by atoms with van der Waals surface area (Å²) in [6.45, 7) is 8.73. The van der Waals surface area contributed by atoms with Crippen LogP contribution in [0.3, 0.4) is 0 Å². The zero-order valence-corrected chi connectivity index (χ0v) is 21.4. The van der Waals surface area contributed by atoms with E-state index in [1.807, 2.05) is 24.3 Å². The summed E-state index contributed by atoms with van der Waals surface area (Å²) in [6, 6.07) is 11.4. The highest BCUT2D eigenvalue weighted by atomic mass is 35.5. The number of carbonyl (C=O) groups excluding carboxylic acids is 1. The van der Waals surface area contributed by atoms with Gasteiger partial charge in [0.15, 0.2) is 5.13 Å². The van der Waals surface area contributed by atoms with E-state index in [-0.39, 0.29) is 5.91 Å². The molecule has 0 atom stereocenters. The van der Waals surface area contributed by atoms with E-state index in [0.717, 1.165) is 42.4 Å². The number of amides is 1. The Morgan fingerprint density at radius 2 is 2.09 bits per heavy atom. The first-order chi connectivity index (χ1) is 16.0. The number of methoxy groups -OCH3 is 1. The van der Waals surface area contributed by atoms with E-state index in [1.165, 1.54) is 11.3 Å². The Morgan fingerprint density at radius 1 is 1.30 bits per heavy atom. The van der Waals surface area contributed by atoms with E-state index >= 15 is 0 Å². The van der Waals surface area contributed by atoms with Crippen LogP contribution in [0.15, 0.2) is 41.3 Å². The number of anilines is 1. The zero-order valence-electron chi connectivity index (χ0n) is 19.0. The van der Waals surface area contributed by atoms with Crippen molar-refractivity contribution in [1.82, 2.24) is 9.88 Å². The maximum atomic E-state index is 13.7. The maximum absolute atomic E-state index is 13.7. The largest absolute Gasteiger partial charge is 0.494 e. The standard InChI is InChI=1S/C24H28ClN3O3S2/c1-16(2)32-18-6-4-5-17(15-18)23(29)28(10-9-27-11-13-31-14-12-27)24-26-21-20(30-3)8-7-19(25)22(21)33-24/h4-8,15-16H,9-14H2,1-3H3. The van der Waals surface area contributed by atoms with E-state index in [0.29, 0.717) is 38.8 Å². The molecule has 0 saturated carbocycles. The van der Waals surface area contributed by atoms with Crippen LogP contribution >= 0.6 is 34.7 Å². The SMILES string of the molecule is COc1ccc(Cl)c2sc(N(CCN3CCOCC3)C(=O)c3cccc(SC(C)C)c3)nc12. The first-order valence-electron chi connectivity index (χ1n) is 11.0. The van der Waals surface area contributed by atoms with Crippen LogP contribution in [0.4, 0.5) is 5.13 Å². The number of nitrogens with zero attached hydrogens (tertiary/aromatic N) is 3. The van der Waals surface area contributed by atoms with E-state index in [9.17, 15) is 4.79 Å². The number of rotatable bonds is 8. The number of benzene rings is 2. The van der Waals surface area contributed by atoms with Crippen molar-refractivity contribution < 1.29 is 14.3 Å². The van der Waals surface area contributed by atoms with Crippen LogP contribution in [0.1, 0.15) is 24.2 Å². The highest BCUT2D eigenvalue weighted by Crippen LogP contribution is 2.39. The molecule has 1 fully saturated rings. The van der Waals surface area contributed by atoms with Gasteiger partial charge >= 0.3 is 0 Å². The molecule has 4 rings (SSSR count). The number of halogens is 1. The molecule has 33 heavy (non-hydrogen) atoms. The van der Waals surface area contributed by atoms with Crippen molar-refractivity contribution in [3.8, 4) is 5.75 Å². The molecule has 1 aliphatic rings. The number of hydrogen-bond donors (Lipinski definition) is 0. The van der Waals surface area contributed by atoms with Gasteiger partial charge in [0.05, 0.1) is 30.0 Å². The Morgan fingerprint density at radius 3 is 2.82 bits per heavy atom. The number of ether oxygens (including phenoxy) is 2. The van der Waals surface area contributed by atoms with Crippen LogP contribution in [0.25, 0.3) is 10.2 Å². The molecule has 0 radical (unpaired) electrons. The first-order valence-corrected chi connectivity index (χ1v) is 13.1. The zero-order chi connectivity index (χ0) is 23.4. The Hall–Kier alpha value is -1.84. The molecule has 1 amide bonds. The van der Waals surface area contributed by atoms with Crippen molar-refractivity contribution >= 4 is 56.0 Å². The van der Waals surface area contributed by atoms with Gasteiger partial charge in [-0.1, -0.05) is 42.9 Å². The molecule has 2 aromatic carbocycles. The summed E-state index contributed by atoms with van der Waals surface area (Å²) < 4.78 is 11.8. The molecule has 0 unspecified atom stereocenters. The van der Waals surface area contributed by atoms with E-state index in [1.54, 1.807) is 35.9 Å². The Kier molecular flexibility index (Phi) is 8.14. The van der Waals surface area contributed by atoms with Crippen LogP contribution < -0.4 is 9.64 Å². The number of hydrogen-bond acceptors (Lipinski definition) is 7. The van der Waals surface area contributed by atoms with E-state index in [4.69, 9.17) is 26.1 Å². The summed E-state index contributed by atoms with van der Waals surface area (Å²) in [5.41, 5.74) is 1.33. The molecule has 3 aromatic rings. The molecular formula is C24H28ClN3O3S2. The van der Waals surface area contributed by atoms with Gasteiger partial charge in [-0.2, -0.15) is 0 Å². The number of thioether (sulfide) groups is 1. The molecule has 1 saturated heterocycles. The number of morpholine rings is 1. The lowest BCUT2D eigenvalue weighted by molar-refractivity contribution is 0.0391. The lowest BCUT2D eigenvalue weighted by atomic mass is 10.2. The molecular weight excluding hydrogens is 478 g/mol. The third kappa shape index (κ3) is 5.81. The minimum atomic E-state index is -0.0661. The van der Waals surface area contributed by atoms with Gasteiger partial charge in [-0.3, -0.25) is 14.6 Å². The summed E-state index contributed by atoms with van der Waals surface area (Å²) in [5, 5.41) is 1.66. The minimum Gasteiger partial charge on any atom is -0.494 e. The quantitative estimate of drug-likeness (QED) is 0.380. The summed E-state index contributed by atoms with van der Waals surface area (Å²) in [4.78, 5) is 23.7. The fourth-order valence-electron chi connectivity index (χ4n) is 3.70. The Labute approximate surface area is 207 Å². The predicted octanol–water partition coefficient (Wildman–Crippen LogP) is 5.44. The second kappa shape index (κ2) is 11.1. The third-order valence-electron chi connectivity index (χ3n) is 5.34. The highest BCUT2D eigenvalue weighted by Gasteiger charge is 2.24. The smallest absolute Gasteiger partial charge is 0.260 e. The Bertz CT molecular complexity index is 1120. The lowest BCUT2D eigenvalue weighted by Gasteiger charge is -2.29. The average Bonchev–Trinajstić information content (AvgIpc) is 3.26. The predicted molar refractivity (Wildman–Crippen MR) is 138 cm³/mol. The molecule has 9 heteroatoms. The summed E-state index contributed by atoms with van der Waals surface area (Å²) in [7, 11) is 1.61. The van der Waals surface area contributed by atoms with Crippen LogP contribution in [0.5, 0.6) is 5.75 Å². The van der Waals surface area contributed by atoms with Crippen molar-refractivity contribution in [2.45, 2.75) is 24.0 Å². The second-order valence-electron chi connectivity index (χ2n) is 8.03. The molecule has 2 heterocycles. The van der Waals surface area contributed by atoms with E-state index in [2.05, 4.69) is 18.7 Å². The maximum Gasteiger partial charge on any atom is 0.260 e. The fraction of sp³-hybridized carbons (Fsp3) is 0.417. The molecule has 0 aliphatic carbocycles. The molecule has 1 aliphatic heterocycles. The molecule has 0 spiro atoms. The molecule has 176 valence electrons. The van der Waals surface area contributed by atoms with Crippen molar-refractivity contribution in [1.29, 1.82) is 0 Å². The average molecular weight is 506 g/mol. The van der Waals surface area contributed by atoms with Crippen molar-refractivity contribution in [2.75, 3.05) is 51.4 Å². The summed E-state index contributed by atoms with van der Waals surface area (Å²) >= 11 is 9.62. The number of carbonyl (C=O) groups is 1. The molecule has 1 aromatic heterocycles. The summed E-state index contributed by atoms with van der Waals surface area (Å²) in [6.07, 6.45) is 0. The van der Waals surface area contributed by atoms with Gasteiger partial charge in [0.25, 0.3) is 5.91 Å². The van der Waals surface area contributed by atoms with Gasteiger partial charge in [-0.25, -0.2) is 4.98 Å². The molecule has 6 nitrogen and oxygen atoms in total. The van der Waals surface area contributed by atoms with Crippen molar-refractivity contribution in [3.05, 3.63) is 47.0 Å². The third-order valence-corrected chi connectivity index (χ3v) is 7.88. The van der Waals surface area contributed by atoms with E-state index < -0.39 is 0 Å². The van der Waals surface area contributed by atoms with Crippen LogP contribution in [0.2, 0.25) is 5.02 Å². The number of aromatic nitrogens is 1. The van der Waals surface area contributed by atoms with Gasteiger partial charge in [-0.05, 0) is 30.3 Å².